The lowest BCUT2D eigenvalue weighted by Crippen LogP contribution is -2.30. The predicted molar refractivity (Wildman–Crippen MR) is 54.4 cm³/mol. The van der Waals surface area contributed by atoms with Crippen molar-refractivity contribution in [1.82, 2.24) is 0 Å². The maximum atomic E-state index is 13.7. The Hall–Kier alpha value is 0.280. The molecular formula is C10H19FS. The van der Waals surface area contributed by atoms with Crippen LogP contribution in [0.25, 0.3) is 0 Å². The van der Waals surface area contributed by atoms with E-state index in [1.807, 2.05) is 6.26 Å². The summed E-state index contributed by atoms with van der Waals surface area (Å²) in [4.78, 5) is 0. The average Bonchev–Trinajstić information content (AvgIpc) is 2.02. The number of rotatable bonds is 0. The molecule has 2 rings (SSSR count). The Labute approximate surface area is 76.5 Å². The molecule has 1 saturated carbocycles. The normalized spacial score (nSPS) is 53.8. The first-order valence-corrected chi connectivity index (χ1v) is 7.39. The van der Waals surface area contributed by atoms with Gasteiger partial charge in [-0.05, 0) is 30.9 Å². The van der Waals surface area contributed by atoms with Crippen LogP contribution in [0.4, 0.5) is 3.89 Å². The van der Waals surface area contributed by atoms with Crippen molar-refractivity contribution in [2.45, 2.75) is 32.1 Å². The minimum Gasteiger partial charge on any atom is -0.190 e. The van der Waals surface area contributed by atoms with E-state index in [2.05, 4.69) is 0 Å². The van der Waals surface area contributed by atoms with Crippen LogP contribution in [0.3, 0.4) is 0 Å². The Morgan fingerprint density at radius 3 is 2.50 bits per heavy atom. The van der Waals surface area contributed by atoms with E-state index in [0.717, 1.165) is 23.3 Å². The Kier molecular flexibility index (Phi) is 2.37. The molecule has 0 aromatic heterocycles. The topological polar surface area (TPSA) is 0 Å². The summed E-state index contributed by atoms with van der Waals surface area (Å²) in [5.74, 6) is 3.49. The molecule has 12 heavy (non-hydrogen) atoms. The third kappa shape index (κ3) is 1.78. The fourth-order valence-electron chi connectivity index (χ4n) is 2.81. The van der Waals surface area contributed by atoms with Crippen LogP contribution in [0.1, 0.15) is 32.1 Å². The molecule has 0 bridgehead atoms. The molecule has 0 amide bonds. The van der Waals surface area contributed by atoms with E-state index in [4.69, 9.17) is 0 Å². The van der Waals surface area contributed by atoms with Gasteiger partial charge in [0.15, 0.2) is 0 Å². The molecule has 0 spiro atoms. The van der Waals surface area contributed by atoms with Crippen molar-refractivity contribution in [3.8, 4) is 0 Å². The highest BCUT2D eigenvalue weighted by Gasteiger charge is 2.35. The van der Waals surface area contributed by atoms with Gasteiger partial charge in [0.1, 0.15) is 0 Å². The molecule has 2 fully saturated rings. The second-order valence-electron chi connectivity index (χ2n) is 4.62. The quantitative estimate of drug-likeness (QED) is 0.548. The molecule has 1 heterocycles. The maximum Gasteiger partial charge on any atom is 0.00641 e. The van der Waals surface area contributed by atoms with Gasteiger partial charge in [-0.3, -0.25) is 0 Å². The summed E-state index contributed by atoms with van der Waals surface area (Å²) < 4.78 is 13.7. The summed E-state index contributed by atoms with van der Waals surface area (Å²) in [5, 5.41) is 0. The summed E-state index contributed by atoms with van der Waals surface area (Å²) in [6, 6.07) is 0. The Balaban J connectivity index is 1.99. The molecule has 0 aromatic carbocycles. The highest BCUT2D eigenvalue weighted by atomic mass is 32.3. The minimum absolute atomic E-state index is 0.762. The van der Waals surface area contributed by atoms with Gasteiger partial charge < -0.3 is 0 Å². The SMILES string of the molecule is CS1(F)CCC2CCCCC2C1. The summed E-state index contributed by atoms with van der Waals surface area (Å²) in [6.45, 7) is 0. The van der Waals surface area contributed by atoms with Crippen molar-refractivity contribution in [2.75, 3.05) is 17.8 Å². The molecule has 2 aliphatic rings. The smallest absolute Gasteiger partial charge is 0.00641 e. The van der Waals surface area contributed by atoms with Gasteiger partial charge in [-0.25, -0.2) is 0 Å². The van der Waals surface area contributed by atoms with Gasteiger partial charge in [-0.1, -0.05) is 29.7 Å². The second kappa shape index (κ2) is 3.21. The lowest BCUT2D eigenvalue weighted by Gasteiger charge is -2.43. The largest absolute Gasteiger partial charge is 0.190 e. The summed E-state index contributed by atoms with van der Waals surface area (Å²) in [7, 11) is -1.65. The zero-order valence-corrected chi connectivity index (χ0v) is 8.71. The molecule has 1 aliphatic carbocycles. The fraction of sp³-hybridized carbons (Fsp3) is 1.00. The Morgan fingerprint density at radius 2 is 1.75 bits per heavy atom. The Morgan fingerprint density at radius 1 is 1.08 bits per heavy atom. The van der Waals surface area contributed by atoms with E-state index >= 15 is 0 Å². The standard InChI is InChI=1S/C10H19FS/c1-12(11)7-6-9-4-2-3-5-10(9)8-12/h9-10H,2-8H2,1H3. The van der Waals surface area contributed by atoms with Gasteiger partial charge in [0.2, 0.25) is 0 Å². The molecule has 0 aromatic rings. The summed E-state index contributed by atoms with van der Waals surface area (Å²) in [6.07, 6.45) is 8.53. The number of fused-ring (bicyclic) bond motifs is 1. The van der Waals surface area contributed by atoms with E-state index in [1.165, 1.54) is 32.1 Å². The molecule has 1 saturated heterocycles. The van der Waals surface area contributed by atoms with Gasteiger partial charge >= 0.3 is 0 Å². The third-order valence-corrected chi connectivity index (χ3v) is 5.75. The van der Waals surface area contributed by atoms with Crippen molar-refractivity contribution < 1.29 is 3.89 Å². The first-order valence-electron chi connectivity index (χ1n) is 5.11. The zero-order chi connectivity index (χ0) is 8.60. The van der Waals surface area contributed by atoms with Crippen LogP contribution < -0.4 is 0 Å². The average molecular weight is 190 g/mol. The van der Waals surface area contributed by atoms with E-state index < -0.39 is 10.4 Å². The van der Waals surface area contributed by atoms with Crippen LogP contribution in [0, 0.1) is 11.8 Å². The monoisotopic (exact) mass is 190 g/mol. The van der Waals surface area contributed by atoms with Gasteiger partial charge in [0.05, 0.1) is 0 Å². The van der Waals surface area contributed by atoms with Crippen LogP contribution in [-0.4, -0.2) is 17.8 Å². The molecule has 2 heteroatoms. The van der Waals surface area contributed by atoms with Gasteiger partial charge in [0, 0.05) is 11.5 Å². The van der Waals surface area contributed by atoms with Crippen molar-refractivity contribution in [3.05, 3.63) is 0 Å². The molecular weight excluding hydrogens is 171 g/mol. The summed E-state index contributed by atoms with van der Waals surface area (Å²) in [5.41, 5.74) is 0. The predicted octanol–water partition coefficient (Wildman–Crippen LogP) is 3.52. The highest BCUT2D eigenvalue weighted by Crippen LogP contribution is 2.56. The highest BCUT2D eigenvalue weighted by molar-refractivity contribution is 8.29. The minimum atomic E-state index is -1.65. The first-order chi connectivity index (χ1) is 5.67. The molecule has 0 N–H and O–H groups in total. The van der Waals surface area contributed by atoms with Gasteiger partial charge in [-0.15, -0.1) is 0 Å². The van der Waals surface area contributed by atoms with Crippen LogP contribution in [-0.2, 0) is 0 Å². The molecule has 3 atom stereocenters. The van der Waals surface area contributed by atoms with Crippen LogP contribution in [0.5, 0.6) is 0 Å². The third-order valence-electron chi connectivity index (χ3n) is 3.54. The molecule has 72 valence electrons. The van der Waals surface area contributed by atoms with Crippen LogP contribution in [0.15, 0.2) is 0 Å². The zero-order valence-electron chi connectivity index (χ0n) is 7.89. The number of halogens is 1. The number of hydrogen-bond acceptors (Lipinski definition) is 0. The molecule has 3 unspecified atom stereocenters. The van der Waals surface area contributed by atoms with E-state index in [9.17, 15) is 3.89 Å². The maximum absolute atomic E-state index is 13.7. The lowest BCUT2D eigenvalue weighted by atomic mass is 9.79. The van der Waals surface area contributed by atoms with Crippen LogP contribution >= 0.6 is 10.4 Å². The molecule has 1 aliphatic heterocycles. The lowest BCUT2D eigenvalue weighted by molar-refractivity contribution is 0.245. The number of hydrogen-bond donors (Lipinski definition) is 0. The Bertz CT molecular complexity index is 167. The van der Waals surface area contributed by atoms with Gasteiger partial charge in [-0.2, -0.15) is 3.89 Å². The first kappa shape index (κ1) is 8.86. The molecule has 0 nitrogen and oxygen atoms in total. The van der Waals surface area contributed by atoms with Crippen LogP contribution in [0.2, 0.25) is 0 Å². The van der Waals surface area contributed by atoms with E-state index in [1.54, 1.807) is 0 Å². The van der Waals surface area contributed by atoms with Crippen molar-refractivity contribution >= 4 is 10.4 Å². The summed E-state index contributed by atoms with van der Waals surface area (Å²) >= 11 is 0. The van der Waals surface area contributed by atoms with E-state index in [-0.39, 0.29) is 0 Å². The van der Waals surface area contributed by atoms with Gasteiger partial charge in [0.25, 0.3) is 0 Å². The van der Waals surface area contributed by atoms with Crippen molar-refractivity contribution in [2.24, 2.45) is 11.8 Å². The fourth-order valence-corrected chi connectivity index (χ4v) is 5.10. The molecule has 0 radical (unpaired) electrons. The van der Waals surface area contributed by atoms with Crippen molar-refractivity contribution in [3.63, 3.8) is 0 Å². The second-order valence-corrected chi connectivity index (χ2v) is 7.67. The van der Waals surface area contributed by atoms with E-state index in [0.29, 0.717) is 0 Å². The van der Waals surface area contributed by atoms with Crippen molar-refractivity contribution in [1.29, 1.82) is 0 Å².